The summed E-state index contributed by atoms with van der Waals surface area (Å²) in [6.07, 6.45) is 1.57. The zero-order valence-electron chi connectivity index (χ0n) is 19.8. The number of aromatic amines is 1. The topological polar surface area (TPSA) is 85.4 Å². The SMILES string of the molecule is COc1ccc2c(N3CCOc4ccc(-c5ccc6nc(C)[nH]c6c5)cc4C3)ncnc2c1OC. The second-order valence-corrected chi connectivity index (χ2v) is 8.54. The number of fused-ring (bicyclic) bond motifs is 3. The van der Waals surface area contributed by atoms with E-state index in [0.29, 0.717) is 31.2 Å². The monoisotopic (exact) mass is 467 g/mol. The Morgan fingerprint density at radius 3 is 2.69 bits per heavy atom. The standard InChI is InChI=1S/C27H25N5O3/c1-16-30-21-7-4-18(13-22(21)31-16)17-5-8-23-19(12-17)14-32(10-11-35-23)27-20-6-9-24(33-2)26(34-3)25(20)28-15-29-27/h4-9,12-13,15H,10-11,14H2,1-3H3,(H,30,31). The van der Waals surface area contributed by atoms with Crippen LogP contribution in [0.1, 0.15) is 11.4 Å². The van der Waals surface area contributed by atoms with E-state index in [-0.39, 0.29) is 0 Å². The minimum Gasteiger partial charge on any atom is -0.493 e. The highest BCUT2D eigenvalue weighted by Crippen LogP contribution is 2.38. The first-order valence-corrected chi connectivity index (χ1v) is 11.5. The first kappa shape index (κ1) is 21.2. The van der Waals surface area contributed by atoms with Crippen molar-refractivity contribution in [2.45, 2.75) is 13.5 Å². The number of aromatic nitrogens is 4. The molecular weight excluding hydrogens is 442 g/mol. The molecule has 1 aliphatic heterocycles. The largest absolute Gasteiger partial charge is 0.493 e. The number of nitrogens with one attached hydrogen (secondary N) is 1. The van der Waals surface area contributed by atoms with E-state index < -0.39 is 0 Å². The summed E-state index contributed by atoms with van der Waals surface area (Å²) in [6, 6.07) is 16.5. The summed E-state index contributed by atoms with van der Waals surface area (Å²) in [7, 11) is 3.25. The van der Waals surface area contributed by atoms with Crippen molar-refractivity contribution in [3.63, 3.8) is 0 Å². The summed E-state index contributed by atoms with van der Waals surface area (Å²) >= 11 is 0. The number of hydrogen-bond donors (Lipinski definition) is 1. The van der Waals surface area contributed by atoms with Crippen molar-refractivity contribution < 1.29 is 14.2 Å². The Morgan fingerprint density at radius 1 is 0.971 bits per heavy atom. The molecule has 35 heavy (non-hydrogen) atoms. The molecule has 0 saturated heterocycles. The van der Waals surface area contributed by atoms with Crippen LogP contribution in [-0.4, -0.2) is 47.3 Å². The van der Waals surface area contributed by atoms with Gasteiger partial charge in [0.15, 0.2) is 11.5 Å². The van der Waals surface area contributed by atoms with Crippen LogP contribution in [-0.2, 0) is 6.54 Å². The van der Waals surface area contributed by atoms with Crippen LogP contribution in [0.2, 0.25) is 0 Å². The lowest BCUT2D eigenvalue weighted by molar-refractivity contribution is 0.331. The average Bonchev–Trinajstić information content (AvgIpc) is 3.13. The maximum absolute atomic E-state index is 6.11. The summed E-state index contributed by atoms with van der Waals surface area (Å²) in [6.45, 7) is 3.89. The summed E-state index contributed by atoms with van der Waals surface area (Å²) in [5.41, 5.74) is 6.08. The molecule has 3 aromatic carbocycles. The van der Waals surface area contributed by atoms with Crippen molar-refractivity contribution in [2.75, 3.05) is 32.3 Å². The average molecular weight is 468 g/mol. The Balaban J connectivity index is 1.39. The molecule has 0 spiro atoms. The highest BCUT2D eigenvalue weighted by atomic mass is 16.5. The molecule has 8 nitrogen and oxygen atoms in total. The molecule has 0 amide bonds. The third-order valence-corrected chi connectivity index (χ3v) is 6.40. The predicted molar refractivity (Wildman–Crippen MR) is 135 cm³/mol. The van der Waals surface area contributed by atoms with Gasteiger partial charge in [-0.3, -0.25) is 0 Å². The van der Waals surface area contributed by atoms with Crippen LogP contribution in [0.5, 0.6) is 17.2 Å². The van der Waals surface area contributed by atoms with E-state index >= 15 is 0 Å². The second kappa shape index (κ2) is 8.47. The zero-order valence-corrected chi connectivity index (χ0v) is 19.8. The summed E-state index contributed by atoms with van der Waals surface area (Å²) in [5, 5.41) is 0.907. The van der Waals surface area contributed by atoms with E-state index in [9.17, 15) is 0 Å². The molecule has 0 radical (unpaired) electrons. The minimum absolute atomic E-state index is 0.560. The Labute approximate surface area is 202 Å². The van der Waals surface area contributed by atoms with Crippen molar-refractivity contribution >= 4 is 27.8 Å². The van der Waals surface area contributed by atoms with Gasteiger partial charge in [-0.1, -0.05) is 12.1 Å². The quantitative estimate of drug-likeness (QED) is 0.402. The molecule has 0 fully saturated rings. The fourth-order valence-corrected chi connectivity index (χ4v) is 4.75. The van der Waals surface area contributed by atoms with E-state index in [0.717, 1.165) is 56.0 Å². The zero-order chi connectivity index (χ0) is 23.9. The van der Waals surface area contributed by atoms with Crippen molar-refractivity contribution in [1.82, 2.24) is 19.9 Å². The molecule has 0 bridgehead atoms. The summed E-state index contributed by atoms with van der Waals surface area (Å²) in [4.78, 5) is 19.2. The highest BCUT2D eigenvalue weighted by molar-refractivity contribution is 5.95. The van der Waals surface area contributed by atoms with Crippen LogP contribution >= 0.6 is 0 Å². The van der Waals surface area contributed by atoms with E-state index in [2.05, 4.69) is 61.2 Å². The third kappa shape index (κ3) is 3.67. The van der Waals surface area contributed by atoms with Gasteiger partial charge in [-0.05, 0) is 54.4 Å². The molecular formula is C27H25N5O3. The lowest BCUT2D eigenvalue weighted by Gasteiger charge is -2.23. The predicted octanol–water partition coefficient (Wildman–Crippen LogP) is 4.90. The van der Waals surface area contributed by atoms with Crippen molar-refractivity contribution in [3.05, 3.63) is 66.2 Å². The van der Waals surface area contributed by atoms with Crippen LogP contribution in [0.4, 0.5) is 5.82 Å². The van der Waals surface area contributed by atoms with Crippen molar-refractivity contribution in [2.24, 2.45) is 0 Å². The number of benzene rings is 3. The molecule has 0 unspecified atom stereocenters. The maximum Gasteiger partial charge on any atom is 0.187 e. The fraction of sp³-hybridized carbons (Fsp3) is 0.222. The van der Waals surface area contributed by atoms with E-state index in [1.807, 2.05) is 19.1 Å². The van der Waals surface area contributed by atoms with Gasteiger partial charge < -0.3 is 24.1 Å². The number of H-pyrrole nitrogens is 1. The molecule has 176 valence electrons. The fourth-order valence-electron chi connectivity index (χ4n) is 4.75. The number of ether oxygens (including phenoxy) is 3. The van der Waals surface area contributed by atoms with Gasteiger partial charge in [-0.25, -0.2) is 15.0 Å². The molecule has 3 heterocycles. The number of anilines is 1. The van der Waals surface area contributed by atoms with Crippen molar-refractivity contribution in [3.8, 4) is 28.4 Å². The highest BCUT2D eigenvalue weighted by Gasteiger charge is 2.21. The van der Waals surface area contributed by atoms with Gasteiger partial charge in [0.2, 0.25) is 0 Å². The maximum atomic E-state index is 6.11. The van der Waals surface area contributed by atoms with Crippen molar-refractivity contribution in [1.29, 1.82) is 0 Å². The van der Waals surface area contributed by atoms with E-state index in [1.165, 1.54) is 0 Å². The number of methoxy groups -OCH3 is 2. The molecule has 2 aromatic heterocycles. The van der Waals surface area contributed by atoms with Crippen LogP contribution in [0, 0.1) is 6.92 Å². The second-order valence-electron chi connectivity index (χ2n) is 8.54. The summed E-state index contributed by atoms with van der Waals surface area (Å²) < 4.78 is 17.2. The lowest BCUT2D eigenvalue weighted by atomic mass is 10.0. The molecule has 0 atom stereocenters. The van der Waals surface area contributed by atoms with Gasteiger partial charge in [0.1, 0.15) is 35.8 Å². The van der Waals surface area contributed by atoms with Gasteiger partial charge in [0, 0.05) is 17.5 Å². The first-order valence-electron chi connectivity index (χ1n) is 11.5. The number of nitrogens with zero attached hydrogens (tertiary/aromatic N) is 4. The van der Waals surface area contributed by atoms with Gasteiger partial charge in [0.05, 0.1) is 31.8 Å². The van der Waals surface area contributed by atoms with Gasteiger partial charge in [-0.15, -0.1) is 0 Å². The molecule has 0 aliphatic carbocycles. The molecule has 6 rings (SSSR count). The first-order chi connectivity index (χ1) is 17.1. The lowest BCUT2D eigenvalue weighted by Crippen LogP contribution is -2.26. The number of hydrogen-bond acceptors (Lipinski definition) is 7. The van der Waals surface area contributed by atoms with Gasteiger partial charge in [-0.2, -0.15) is 0 Å². The molecule has 1 N–H and O–H groups in total. The normalized spacial score (nSPS) is 13.4. The van der Waals surface area contributed by atoms with Gasteiger partial charge >= 0.3 is 0 Å². The number of aryl methyl sites for hydroxylation is 1. The third-order valence-electron chi connectivity index (χ3n) is 6.40. The molecule has 0 saturated carbocycles. The minimum atomic E-state index is 0.560. The molecule has 5 aromatic rings. The number of rotatable bonds is 4. The summed E-state index contributed by atoms with van der Waals surface area (Å²) in [5.74, 6) is 3.89. The van der Waals surface area contributed by atoms with E-state index in [1.54, 1.807) is 20.5 Å². The van der Waals surface area contributed by atoms with Crippen LogP contribution in [0.15, 0.2) is 54.9 Å². The number of imidazole rings is 1. The Kier molecular flexibility index (Phi) is 5.13. The smallest absolute Gasteiger partial charge is 0.187 e. The van der Waals surface area contributed by atoms with Crippen LogP contribution < -0.4 is 19.1 Å². The Hall–Kier alpha value is -4.33. The Bertz CT molecular complexity index is 1560. The van der Waals surface area contributed by atoms with Crippen LogP contribution in [0.25, 0.3) is 33.1 Å². The van der Waals surface area contributed by atoms with Crippen LogP contribution in [0.3, 0.4) is 0 Å². The molecule has 1 aliphatic rings. The van der Waals surface area contributed by atoms with E-state index in [4.69, 9.17) is 14.2 Å². The molecule has 8 heteroatoms. The van der Waals surface area contributed by atoms with Gasteiger partial charge in [0.25, 0.3) is 0 Å². The Morgan fingerprint density at radius 2 is 1.83 bits per heavy atom.